The number of carbonyl (C=O) groups excluding carboxylic acids is 1. The van der Waals surface area contributed by atoms with Gasteiger partial charge in [-0.1, -0.05) is 13.3 Å². The van der Waals surface area contributed by atoms with Gasteiger partial charge in [-0.05, 0) is 19.3 Å². The van der Waals surface area contributed by atoms with Crippen LogP contribution in [0.1, 0.15) is 39.0 Å². The Bertz CT molecular complexity index is 277. The van der Waals surface area contributed by atoms with E-state index in [1.54, 1.807) is 0 Å². The van der Waals surface area contributed by atoms with Crippen molar-refractivity contribution in [1.82, 2.24) is 10.6 Å². The van der Waals surface area contributed by atoms with E-state index in [9.17, 15) is 9.59 Å². The minimum Gasteiger partial charge on any atom is -0.481 e. The predicted octanol–water partition coefficient (Wildman–Crippen LogP) is 1.11. The van der Waals surface area contributed by atoms with Crippen molar-refractivity contribution in [1.29, 1.82) is 0 Å². The summed E-state index contributed by atoms with van der Waals surface area (Å²) in [5.74, 6) is -0.895. The van der Waals surface area contributed by atoms with Gasteiger partial charge in [-0.15, -0.1) is 0 Å². The summed E-state index contributed by atoms with van der Waals surface area (Å²) >= 11 is 0. The molecule has 18 heavy (non-hydrogen) atoms. The largest absolute Gasteiger partial charge is 0.481 e. The van der Waals surface area contributed by atoms with Crippen molar-refractivity contribution in [2.45, 2.75) is 51.2 Å². The fraction of sp³-hybridized carbons (Fsp3) is 0.833. The van der Waals surface area contributed by atoms with E-state index in [0.717, 1.165) is 25.9 Å². The molecule has 1 aliphatic rings. The minimum atomic E-state index is -0.895. The van der Waals surface area contributed by atoms with E-state index < -0.39 is 5.97 Å². The Morgan fingerprint density at radius 1 is 1.50 bits per heavy atom. The smallest absolute Gasteiger partial charge is 0.315 e. The second kappa shape index (κ2) is 7.92. The Hall–Kier alpha value is -1.30. The average Bonchev–Trinajstić information content (AvgIpc) is 2.78. The molecule has 0 aromatic rings. The number of carboxylic acid groups (broad SMARTS) is 1. The highest BCUT2D eigenvalue weighted by Crippen LogP contribution is 2.10. The quantitative estimate of drug-likeness (QED) is 0.638. The van der Waals surface area contributed by atoms with Gasteiger partial charge in [-0.3, -0.25) is 4.79 Å². The van der Waals surface area contributed by atoms with Gasteiger partial charge < -0.3 is 20.5 Å². The van der Waals surface area contributed by atoms with Gasteiger partial charge in [0, 0.05) is 19.2 Å². The Morgan fingerprint density at radius 3 is 2.83 bits per heavy atom. The van der Waals surface area contributed by atoms with Crippen LogP contribution in [0.15, 0.2) is 0 Å². The summed E-state index contributed by atoms with van der Waals surface area (Å²) in [5, 5.41) is 14.1. The molecule has 0 aliphatic carbocycles. The first-order valence-corrected chi connectivity index (χ1v) is 6.49. The van der Waals surface area contributed by atoms with Gasteiger partial charge in [0.25, 0.3) is 0 Å². The standard InChI is InChI=1S/C12H22N2O4/c1-2-4-9(7-11(15)16)14-12(17)13-8-10-5-3-6-18-10/h9-10H,2-8H2,1H3,(H,15,16)(H2,13,14,17). The van der Waals surface area contributed by atoms with Gasteiger partial charge >= 0.3 is 12.0 Å². The number of nitrogens with one attached hydrogen (secondary N) is 2. The molecule has 2 amide bonds. The zero-order valence-electron chi connectivity index (χ0n) is 10.8. The van der Waals surface area contributed by atoms with Crippen LogP contribution in [0.5, 0.6) is 0 Å². The number of ether oxygens (including phenoxy) is 1. The molecule has 0 aromatic heterocycles. The molecular formula is C12H22N2O4. The summed E-state index contributed by atoms with van der Waals surface area (Å²) in [6.07, 6.45) is 3.56. The summed E-state index contributed by atoms with van der Waals surface area (Å²) in [4.78, 5) is 22.2. The molecule has 3 N–H and O–H groups in total. The highest BCUT2D eigenvalue weighted by molar-refractivity contribution is 5.75. The molecule has 6 heteroatoms. The first kappa shape index (κ1) is 14.8. The normalized spacial score (nSPS) is 20.4. The molecule has 1 rings (SSSR count). The van der Waals surface area contributed by atoms with Crippen LogP contribution >= 0.6 is 0 Å². The molecular weight excluding hydrogens is 236 g/mol. The first-order chi connectivity index (χ1) is 8.61. The molecule has 1 aliphatic heterocycles. The third kappa shape index (κ3) is 5.86. The van der Waals surface area contributed by atoms with Crippen LogP contribution in [0.4, 0.5) is 4.79 Å². The highest BCUT2D eigenvalue weighted by atomic mass is 16.5. The van der Waals surface area contributed by atoms with Crippen LogP contribution in [0.3, 0.4) is 0 Å². The van der Waals surface area contributed by atoms with Gasteiger partial charge in [0.2, 0.25) is 0 Å². The van der Waals surface area contributed by atoms with Crippen molar-refractivity contribution >= 4 is 12.0 Å². The predicted molar refractivity (Wildman–Crippen MR) is 66.5 cm³/mol. The van der Waals surface area contributed by atoms with E-state index >= 15 is 0 Å². The number of amides is 2. The Labute approximate surface area is 107 Å². The number of carboxylic acids is 1. The third-order valence-electron chi connectivity index (χ3n) is 2.91. The van der Waals surface area contributed by atoms with Gasteiger partial charge in [0.15, 0.2) is 0 Å². The lowest BCUT2D eigenvalue weighted by Gasteiger charge is -2.17. The van der Waals surface area contributed by atoms with E-state index in [1.807, 2.05) is 6.92 Å². The number of carbonyl (C=O) groups is 2. The number of rotatable bonds is 7. The molecule has 0 aromatic carbocycles. The molecule has 1 saturated heterocycles. The molecule has 1 heterocycles. The fourth-order valence-corrected chi connectivity index (χ4v) is 2.03. The van der Waals surface area contributed by atoms with E-state index in [-0.39, 0.29) is 24.6 Å². The van der Waals surface area contributed by atoms with E-state index in [2.05, 4.69) is 10.6 Å². The van der Waals surface area contributed by atoms with Gasteiger partial charge in [-0.25, -0.2) is 4.79 Å². The molecule has 0 radical (unpaired) electrons. The lowest BCUT2D eigenvalue weighted by Crippen LogP contribution is -2.45. The number of urea groups is 1. The van der Waals surface area contributed by atoms with Crippen molar-refractivity contribution in [3.63, 3.8) is 0 Å². The van der Waals surface area contributed by atoms with Crippen LogP contribution < -0.4 is 10.6 Å². The summed E-state index contributed by atoms with van der Waals surface area (Å²) < 4.78 is 5.38. The van der Waals surface area contributed by atoms with Crippen LogP contribution in [-0.2, 0) is 9.53 Å². The molecule has 2 unspecified atom stereocenters. The second-order valence-electron chi connectivity index (χ2n) is 4.57. The number of hydrogen-bond donors (Lipinski definition) is 3. The zero-order chi connectivity index (χ0) is 13.4. The van der Waals surface area contributed by atoms with Crippen molar-refractivity contribution in [2.75, 3.05) is 13.2 Å². The summed E-state index contributed by atoms with van der Waals surface area (Å²) in [6, 6.07) is -0.623. The van der Waals surface area contributed by atoms with Crippen LogP contribution in [-0.4, -0.2) is 42.4 Å². The Kier molecular flexibility index (Phi) is 6.49. The molecule has 2 atom stereocenters. The van der Waals surface area contributed by atoms with E-state index in [4.69, 9.17) is 9.84 Å². The maximum atomic E-state index is 11.6. The summed E-state index contributed by atoms with van der Waals surface area (Å²) in [6.45, 7) is 3.20. The van der Waals surface area contributed by atoms with Crippen molar-refractivity contribution in [3.05, 3.63) is 0 Å². The maximum Gasteiger partial charge on any atom is 0.315 e. The number of aliphatic carboxylic acids is 1. The number of hydrogen-bond acceptors (Lipinski definition) is 3. The SMILES string of the molecule is CCCC(CC(=O)O)NC(=O)NCC1CCCO1. The Balaban J connectivity index is 2.24. The van der Waals surface area contributed by atoms with Gasteiger partial charge in [0.05, 0.1) is 12.5 Å². The van der Waals surface area contributed by atoms with Crippen LogP contribution in [0.25, 0.3) is 0 Å². The van der Waals surface area contributed by atoms with Crippen molar-refractivity contribution in [2.24, 2.45) is 0 Å². The molecule has 6 nitrogen and oxygen atoms in total. The monoisotopic (exact) mass is 258 g/mol. The fourth-order valence-electron chi connectivity index (χ4n) is 2.03. The van der Waals surface area contributed by atoms with Crippen molar-refractivity contribution in [3.8, 4) is 0 Å². The molecule has 0 bridgehead atoms. The lowest BCUT2D eigenvalue weighted by molar-refractivity contribution is -0.137. The van der Waals surface area contributed by atoms with Crippen LogP contribution in [0.2, 0.25) is 0 Å². The van der Waals surface area contributed by atoms with Gasteiger partial charge in [0.1, 0.15) is 0 Å². The summed E-state index contributed by atoms with van der Waals surface area (Å²) in [5.41, 5.74) is 0. The summed E-state index contributed by atoms with van der Waals surface area (Å²) in [7, 11) is 0. The molecule has 0 saturated carbocycles. The zero-order valence-corrected chi connectivity index (χ0v) is 10.8. The topological polar surface area (TPSA) is 87.7 Å². The second-order valence-corrected chi connectivity index (χ2v) is 4.57. The minimum absolute atomic E-state index is 0.0405. The van der Waals surface area contributed by atoms with E-state index in [1.165, 1.54) is 0 Å². The first-order valence-electron chi connectivity index (χ1n) is 6.49. The molecule has 0 spiro atoms. The average molecular weight is 258 g/mol. The van der Waals surface area contributed by atoms with Gasteiger partial charge in [-0.2, -0.15) is 0 Å². The lowest BCUT2D eigenvalue weighted by atomic mass is 10.1. The Morgan fingerprint density at radius 2 is 2.28 bits per heavy atom. The third-order valence-corrected chi connectivity index (χ3v) is 2.91. The van der Waals surface area contributed by atoms with E-state index in [0.29, 0.717) is 13.0 Å². The maximum absolute atomic E-state index is 11.6. The van der Waals surface area contributed by atoms with Crippen LogP contribution in [0, 0.1) is 0 Å². The highest BCUT2D eigenvalue weighted by Gasteiger charge is 2.18. The van der Waals surface area contributed by atoms with Crippen molar-refractivity contribution < 1.29 is 19.4 Å². The molecule has 104 valence electrons. The molecule has 1 fully saturated rings.